The third-order valence-corrected chi connectivity index (χ3v) is 9.89. The fourth-order valence-corrected chi connectivity index (χ4v) is 8.20. The van der Waals surface area contributed by atoms with Gasteiger partial charge in [0.1, 0.15) is 0 Å². The van der Waals surface area contributed by atoms with Crippen molar-refractivity contribution in [3.63, 3.8) is 0 Å². The average Bonchev–Trinajstić information content (AvgIpc) is 2.61. The monoisotopic (exact) mass is 367 g/mol. The van der Waals surface area contributed by atoms with Crippen LogP contribution in [0, 0.1) is 40.4 Å². The molecule has 5 saturated carbocycles. The molecule has 5 aliphatic carbocycles. The summed E-state index contributed by atoms with van der Waals surface area (Å²) >= 11 is 0. The minimum Gasteiger partial charge on any atom is -0.390 e. The number of fused-ring (bicyclic) bond motifs is 2. The SMILES string of the molecule is CC1(C)C2CC[C@]1(C)CN(CCC1C3CC4CC1CC(O)(C4)C3)C2.Cl. The van der Waals surface area contributed by atoms with Crippen molar-refractivity contribution in [1.29, 1.82) is 0 Å². The quantitative estimate of drug-likeness (QED) is 0.778. The summed E-state index contributed by atoms with van der Waals surface area (Å²) in [7, 11) is 0. The molecule has 0 aromatic heterocycles. The highest BCUT2D eigenvalue weighted by molar-refractivity contribution is 5.85. The van der Waals surface area contributed by atoms with E-state index in [2.05, 4.69) is 25.7 Å². The Morgan fingerprint density at radius 3 is 2.32 bits per heavy atom. The maximum Gasteiger partial charge on any atom is 0.0656 e. The van der Waals surface area contributed by atoms with Gasteiger partial charge in [-0.3, -0.25) is 0 Å². The summed E-state index contributed by atoms with van der Waals surface area (Å²) in [5.41, 5.74) is 0.819. The number of hydrogen-bond acceptors (Lipinski definition) is 2. The van der Waals surface area contributed by atoms with Gasteiger partial charge in [-0.25, -0.2) is 0 Å². The third-order valence-electron chi connectivity index (χ3n) is 9.89. The lowest BCUT2D eigenvalue weighted by atomic mass is 9.49. The van der Waals surface area contributed by atoms with Gasteiger partial charge >= 0.3 is 0 Å². The average molecular weight is 368 g/mol. The summed E-state index contributed by atoms with van der Waals surface area (Å²) in [6.45, 7) is 11.6. The number of aliphatic hydroxyl groups is 1. The van der Waals surface area contributed by atoms with Crippen molar-refractivity contribution in [3.05, 3.63) is 0 Å². The van der Waals surface area contributed by atoms with E-state index in [1.165, 1.54) is 51.7 Å². The smallest absolute Gasteiger partial charge is 0.0656 e. The molecular weight excluding hydrogens is 330 g/mol. The Balaban J connectivity index is 0.00000157. The van der Waals surface area contributed by atoms with Gasteiger partial charge in [-0.05, 0) is 98.3 Å². The number of rotatable bonds is 3. The molecule has 6 aliphatic rings. The molecule has 1 heterocycles. The molecule has 0 radical (unpaired) electrons. The van der Waals surface area contributed by atoms with Gasteiger partial charge in [-0.1, -0.05) is 20.8 Å². The Morgan fingerprint density at radius 1 is 1.04 bits per heavy atom. The van der Waals surface area contributed by atoms with Crippen LogP contribution in [-0.4, -0.2) is 35.2 Å². The molecule has 3 unspecified atom stereocenters. The molecule has 0 amide bonds. The van der Waals surface area contributed by atoms with Crippen LogP contribution in [0.4, 0.5) is 0 Å². The van der Waals surface area contributed by atoms with Crippen molar-refractivity contribution >= 4 is 12.4 Å². The molecule has 2 nitrogen and oxygen atoms in total. The van der Waals surface area contributed by atoms with Crippen molar-refractivity contribution in [2.24, 2.45) is 40.4 Å². The van der Waals surface area contributed by atoms with E-state index in [9.17, 15) is 5.11 Å². The van der Waals surface area contributed by atoms with Crippen LogP contribution in [0.2, 0.25) is 0 Å². The van der Waals surface area contributed by atoms with E-state index in [1.807, 2.05) is 0 Å². The molecule has 6 rings (SSSR count). The summed E-state index contributed by atoms with van der Waals surface area (Å²) < 4.78 is 0. The van der Waals surface area contributed by atoms with Crippen LogP contribution >= 0.6 is 12.4 Å². The van der Waals surface area contributed by atoms with Gasteiger partial charge in [0, 0.05) is 13.1 Å². The second-order valence-corrected chi connectivity index (χ2v) is 11.4. The zero-order chi connectivity index (χ0) is 16.7. The molecule has 1 N–H and O–H groups in total. The van der Waals surface area contributed by atoms with Crippen molar-refractivity contribution < 1.29 is 5.11 Å². The van der Waals surface area contributed by atoms with Crippen molar-refractivity contribution in [2.45, 2.75) is 77.7 Å². The summed E-state index contributed by atoms with van der Waals surface area (Å²) in [5.74, 6) is 4.37. The van der Waals surface area contributed by atoms with Gasteiger partial charge < -0.3 is 10.0 Å². The first-order valence-electron chi connectivity index (χ1n) is 10.7. The molecule has 4 atom stereocenters. The number of halogens is 1. The second kappa shape index (κ2) is 5.85. The molecule has 0 aromatic rings. The van der Waals surface area contributed by atoms with Gasteiger partial charge in [0.05, 0.1) is 5.60 Å². The molecule has 25 heavy (non-hydrogen) atoms. The van der Waals surface area contributed by atoms with Gasteiger partial charge in [0.25, 0.3) is 0 Å². The van der Waals surface area contributed by atoms with E-state index in [0.717, 1.165) is 48.9 Å². The van der Waals surface area contributed by atoms with Gasteiger partial charge in [0.15, 0.2) is 0 Å². The van der Waals surface area contributed by atoms with Crippen LogP contribution in [0.15, 0.2) is 0 Å². The largest absolute Gasteiger partial charge is 0.390 e. The molecule has 1 saturated heterocycles. The molecule has 0 spiro atoms. The third kappa shape index (κ3) is 2.72. The standard InChI is InChI=1S/C22H37NO.ClH/c1-20(2)18-4-6-21(20,3)14-23(13-18)7-5-19-16-8-15-9-17(19)12-22(24,10-15)11-16;/h15-19,24H,4-14H2,1-3H3;1H/t15?,16?,17?,18?,19?,21-,22?;/m1./s1. The first-order chi connectivity index (χ1) is 11.3. The minimum absolute atomic E-state index is 0. The first kappa shape index (κ1) is 18.6. The Kier molecular flexibility index (Phi) is 4.35. The zero-order valence-electron chi connectivity index (χ0n) is 16.5. The second-order valence-electron chi connectivity index (χ2n) is 11.4. The minimum atomic E-state index is -0.255. The van der Waals surface area contributed by atoms with Crippen molar-refractivity contribution in [3.8, 4) is 0 Å². The van der Waals surface area contributed by atoms with Crippen LogP contribution in [0.5, 0.6) is 0 Å². The summed E-state index contributed by atoms with van der Waals surface area (Å²) in [4.78, 5) is 2.82. The molecular formula is C22H38ClNO. The van der Waals surface area contributed by atoms with Crippen LogP contribution < -0.4 is 0 Å². The van der Waals surface area contributed by atoms with Crippen LogP contribution in [0.3, 0.4) is 0 Å². The number of hydrogen-bond donors (Lipinski definition) is 1. The fraction of sp³-hybridized carbons (Fsp3) is 1.00. The van der Waals surface area contributed by atoms with Gasteiger partial charge in [0.2, 0.25) is 0 Å². The van der Waals surface area contributed by atoms with E-state index in [-0.39, 0.29) is 18.0 Å². The first-order valence-corrected chi connectivity index (χ1v) is 10.7. The highest BCUT2D eigenvalue weighted by Gasteiger charge is 2.56. The fourth-order valence-electron chi connectivity index (χ4n) is 8.20. The van der Waals surface area contributed by atoms with Crippen LogP contribution in [0.1, 0.15) is 72.1 Å². The zero-order valence-corrected chi connectivity index (χ0v) is 17.3. The lowest BCUT2D eigenvalue weighted by Gasteiger charge is -2.58. The molecule has 6 fully saturated rings. The van der Waals surface area contributed by atoms with Gasteiger partial charge in [-0.15, -0.1) is 12.4 Å². The number of piperidine rings is 1. The predicted octanol–water partition coefficient (Wildman–Crippen LogP) is 4.74. The molecule has 3 heteroatoms. The Labute approximate surface area is 160 Å². The van der Waals surface area contributed by atoms with Crippen LogP contribution in [0.25, 0.3) is 0 Å². The molecule has 1 aliphatic heterocycles. The maximum absolute atomic E-state index is 10.8. The summed E-state index contributed by atoms with van der Waals surface area (Å²) in [6, 6.07) is 0. The Morgan fingerprint density at radius 2 is 1.72 bits per heavy atom. The lowest BCUT2D eigenvalue weighted by Crippen LogP contribution is -2.56. The Hall–Kier alpha value is 0.210. The van der Waals surface area contributed by atoms with Gasteiger partial charge in [-0.2, -0.15) is 0 Å². The summed E-state index contributed by atoms with van der Waals surface area (Å²) in [5, 5.41) is 10.8. The lowest BCUT2D eigenvalue weighted by molar-refractivity contribution is -0.154. The van der Waals surface area contributed by atoms with Crippen LogP contribution in [-0.2, 0) is 0 Å². The topological polar surface area (TPSA) is 23.5 Å². The number of likely N-dealkylation sites (tertiary alicyclic amines) is 1. The van der Waals surface area contributed by atoms with E-state index in [0.29, 0.717) is 10.8 Å². The van der Waals surface area contributed by atoms with Crippen molar-refractivity contribution in [2.75, 3.05) is 19.6 Å². The van der Waals surface area contributed by atoms with E-state index >= 15 is 0 Å². The molecule has 144 valence electrons. The normalized spacial score (nSPS) is 53.0. The maximum atomic E-state index is 10.8. The van der Waals surface area contributed by atoms with E-state index in [1.54, 1.807) is 0 Å². The van der Waals surface area contributed by atoms with Crippen molar-refractivity contribution in [1.82, 2.24) is 4.90 Å². The highest BCUT2D eigenvalue weighted by atomic mass is 35.5. The van der Waals surface area contributed by atoms with E-state index < -0.39 is 0 Å². The summed E-state index contributed by atoms with van der Waals surface area (Å²) in [6.07, 6.45) is 10.5. The molecule has 0 aromatic carbocycles. The number of nitrogens with zero attached hydrogens (tertiary/aromatic N) is 1. The Bertz CT molecular complexity index is 518. The highest BCUT2D eigenvalue weighted by Crippen LogP contribution is 2.60. The van der Waals surface area contributed by atoms with E-state index in [4.69, 9.17) is 0 Å². The molecule has 6 bridgehead atoms. The predicted molar refractivity (Wildman–Crippen MR) is 105 cm³/mol.